The lowest BCUT2D eigenvalue weighted by molar-refractivity contribution is -0.116. The maximum atomic E-state index is 11.6. The van der Waals surface area contributed by atoms with Crippen LogP contribution in [0.25, 0.3) is 10.6 Å². The summed E-state index contributed by atoms with van der Waals surface area (Å²) in [6.45, 7) is 1.77. The van der Waals surface area contributed by atoms with Gasteiger partial charge in [-0.15, -0.1) is 11.3 Å². The number of carboxylic acid groups (broad SMARTS) is 1. The molecule has 0 fully saturated rings. The summed E-state index contributed by atoms with van der Waals surface area (Å²) in [5, 5.41) is 13.7. The highest BCUT2D eigenvalue weighted by molar-refractivity contribution is 7.13. The van der Waals surface area contributed by atoms with Gasteiger partial charge >= 0.3 is 5.97 Å². The van der Waals surface area contributed by atoms with Gasteiger partial charge in [0.15, 0.2) is 5.69 Å². The first kappa shape index (κ1) is 15.1. The molecule has 1 atom stereocenters. The number of carboxylic acids is 1. The molecule has 110 valence electrons. The van der Waals surface area contributed by atoms with Crippen molar-refractivity contribution < 1.29 is 14.7 Å². The Kier molecular flexibility index (Phi) is 4.66. The first-order chi connectivity index (χ1) is 9.95. The van der Waals surface area contributed by atoms with Gasteiger partial charge in [-0.1, -0.05) is 0 Å². The number of hydrogen-bond donors (Lipinski definition) is 3. The van der Waals surface area contributed by atoms with Crippen LogP contribution in [0.1, 0.15) is 23.8 Å². The van der Waals surface area contributed by atoms with E-state index in [9.17, 15) is 9.59 Å². The molecule has 0 aliphatic carbocycles. The van der Waals surface area contributed by atoms with E-state index in [1.165, 1.54) is 16.7 Å². The number of benzene rings is 1. The SMILES string of the molecule is CC(N)CC(=O)Nc1ccc(-c2nc(C(=O)O)cs2)cc1. The first-order valence-corrected chi connectivity index (χ1v) is 7.18. The second-order valence-corrected chi connectivity index (χ2v) is 5.51. The topological polar surface area (TPSA) is 105 Å². The Morgan fingerprint density at radius 2 is 2.05 bits per heavy atom. The van der Waals surface area contributed by atoms with Crippen LogP contribution in [-0.4, -0.2) is 28.0 Å². The van der Waals surface area contributed by atoms with Crippen LogP contribution >= 0.6 is 11.3 Å². The number of aromatic carboxylic acids is 1. The minimum atomic E-state index is -1.04. The fourth-order valence-corrected chi connectivity index (χ4v) is 2.51. The van der Waals surface area contributed by atoms with Crippen LogP contribution in [0.15, 0.2) is 29.6 Å². The first-order valence-electron chi connectivity index (χ1n) is 6.30. The van der Waals surface area contributed by atoms with Crippen LogP contribution in [0.4, 0.5) is 5.69 Å². The van der Waals surface area contributed by atoms with Gasteiger partial charge in [-0.3, -0.25) is 4.79 Å². The molecular weight excluding hydrogens is 290 g/mol. The average Bonchev–Trinajstić information content (AvgIpc) is 2.88. The van der Waals surface area contributed by atoms with Gasteiger partial charge in [0, 0.05) is 29.1 Å². The number of aromatic nitrogens is 1. The van der Waals surface area contributed by atoms with Crippen molar-refractivity contribution >= 4 is 28.9 Å². The summed E-state index contributed by atoms with van der Waals surface area (Å²) in [6, 6.07) is 6.87. The molecular formula is C14H15N3O3S. The quantitative estimate of drug-likeness (QED) is 0.785. The molecule has 1 unspecified atom stereocenters. The molecule has 2 aromatic rings. The molecule has 0 saturated heterocycles. The summed E-state index contributed by atoms with van der Waals surface area (Å²) in [4.78, 5) is 26.4. The van der Waals surface area contributed by atoms with Gasteiger partial charge in [0.05, 0.1) is 0 Å². The lowest BCUT2D eigenvalue weighted by Crippen LogP contribution is -2.23. The van der Waals surface area contributed by atoms with E-state index in [0.717, 1.165) is 5.56 Å². The molecule has 1 amide bonds. The Morgan fingerprint density at radius 3 is 2.57 bits per heavy atom. The van der Waals surface area contributed by atoms with E-state index in [0.29, 0.717) is 10.7 Å². The molecule has 0 aliphatic heterocycles. The van der Waals surface area contributed by atoms with E-state index in [2.05, 4.69) is 10.3 Å². The number of nitrogens with one attached hydrogen (secondary N) is 1. The number of carbonyl (C=O) groups excluding carboxylic acids is 1. The fraction of sp³-hybridized carbons (Fsp3) is 0.214. The van der Waals surface area contributed by atoms with Crippen LogP contribution in [0, 0.1) is 0 Å². The Balaban J connectivity index is 2.07. The zero-order valence-corrected chi connectivity index (χ0v) is 12.2. The van der Waals surface area contributed by atoms with Gasteiger partial charge in [-0.2, -0.15) is 0 Å². The summed E-state index contributed by atoms with van der Waals surface area (Å²) in [5.74, 6) is -1.18. The fourth-order valence-electron chi connectivity index (χ4n) is 1.71. The molecule has 1 aromatic heterocycles. The smallest absolute Gasteiger partial charge is 0.355 e. The molecule has 0 spiro atoms. The van der Waals surface area contributed by atoms with Gasteiger partial charge < -0.3 is 16.2 Å². The predicted molar refractivity (Wildman–Crippen MR) is 81.4 cm³/mol. The van der Waals surface area contributed by atoms with E-state index in [1.54, 1.807) is 31.2 Å². The number of nitrogens with zero attached hydrogens (tertiary/aromatic N) is 1. The molecule has 1 aromatic carbocycles. The molecule has 1 heterocycles. The maximum Gasteiger partial charge on any atom is 0.355 e. The minimum absolute atomic E-state index is 0.0318. The highest BCUT2D eigenvalue weighted by Crippen LogP contribution is 2.25. The van der Waals surface area contributed by atoms with E-state index in [-0.39, 0.29) is 24.1 Å². The number of rotatable bonds is 5. The number of thiazole rings is 1. The van der Waals surface area contributed by atoms with Crippen molar-refractivity contribution in [1.29, 1.82) is 0 Å². The maximum absolute atomic E-state index is 11.6. The largest absolute Gasteiger partial charge is 0.476 e. The summed E-state index contributed by atoms with van der Waals surface area (Å²) in [6.07, 6.45) is 0.260. The van der Waals surface area contributed by atoms with Crippen LogP contribution in [0.5, 0.6) is 0 Å². The summed E-state index contributed by atoms with van der Waals surface area (Å²) in [7, 11) is 0. The lowest BCUT2D eigenvalue weighted by atomic mass is 10.2. The zero-order valence-electron chi connectivity index (χ0n) is 11.4. The second kappa shape index (κ2) is 6.47. The lowest BCUT2D eigenvalue weighted by Gasteiger charge is -2.07. The Bertz CT molecular complexity index is 650. The van der Waals surface area contributed by atoms with Crippen molar-refractivity contribution in [2.24, 2.45) is 5.73 Å². The molecule has 4 N–H and O–H groups in total. The molecule has 21 heavy (non-hydrogen) atoms. The molecule has 0 saturated carbocycles. The van der Waals surface area contributed by atoms with Crippen LogP contribution < -0.4 is 11.1 Å². The van der Waals surface area contributed by atoms with Crippen molar-refractivity contribution in [2.75, 3.05) is 5.32 Å². The molecule has 0 bridgehead atoms. The zero-order chi connectivity index (χ0) is 15.4. The van der Waals surface area contributed by atoms with Crippen LogP contribution in [0.2, 0.25) is 0 Å². The van der Waals surface area contributed by atoms with E-state index in [1.807, 2.05) is 0 Å². The molecule has 2 rings (SSSR count). The average molecular weight is 305 g/mol. The third-order valence-electron chi connectivity index (χ3n) is 2.65. The van der Waals surface area contributed by atoms with Crippen molar-refractivity contribution in [2.45, 2.75) is 19.4 Å². The highest BCUT2D eigenvalue weighted by atomic mass is 32.1. The standard InChI is InChI=1S/C14H15N3O3S/c1-8(15)6-12(18)16-10-4-2-9(3-5-10)13-17-11(7-21-13)14(19)20/h2-5,7-8H,6,15H2,1H3,(H,16,18)(H,19,20). The number of amides is 1. The monoisotopic (exact) mass is 305 g/mol. The van der Waals surface area contributed by atoms with Crippen molar-refractivity contribution in [3.8, 4) is 10.6 Å². The molecule has 7 heteroatoms. The highest BCUT2D eigenvalue weighted by Gasteiger charge is 2.10. The number of hydrogen-bond acceptors (Lipinski definition) is 5. The van der Waals surface area contributed by atoms with Crippen molar-refractivity contribution in [3.63, 3.8) is 0 Å². The third kappa shape index (κ3) is 4.11. The van der Waals surface area contributed by atoms with Gasteiger partial charge in [-0.05, 0) is 31.2 Å². The second-order valence-electron chi connectivity index (χ2n) is 4.65. The molecule has 0 radical (unpaired) electrons. The third-order valence-corrected chi connectivity index (χ3v) is 3.54. The van der Waals surface area contributed by atoms with E-state index < -0.39 is 5.97 Å². The Morgan fingerprint density at radius 1 is 1.38 bits per heavy atom. The van der Waals surface area contributed by atoms with Crippen molar-refractivity contribution in [3.05, 3.63) is 35.3 Å². The summed E-state index contributed by atoms with van der Waals surface area (Å²) in [5.41, 5.74) is 7.06. The van der Waals surface area contributed by atoms with Crippen LogP contribution in [0.3, 0.4) is 0 Å². The number of nitrogens with two attached hydrogens (primary N) is 1. The van der Waals surface area contributed by atoms with Gasteiger partial charge in [0.1, 0.15) is 5.01 Å². The van der Waals surface area contributed by atoms with Crippen LogP contribution in [-0.2, 0) is 4.79 Å². The van der Waals surface area contributed by atoms with Crippen molar-refractivity contribution in [1.82, 2.24) is 4.98 Å². The number of anilines is 1. The molecule has 6 nitrogen and oxygen atoms in total. The summed E-state index contributed by atoms with van der Waals surface area (Å²) >= 11 is 1.26. The molecule has 0 aliphatic rings. The van der Waals surface area contributed by atoms with E-state index in [4.69, 9.17) is 10.8 Å². The predicted octanol–water partition coefficient (Wildman–Crippen LogP) is 2.18. The normalized spacial score (nSPS) is 11.9. The van der Waals surface area contributed by atoms with Gasteiger partial charge in [-0.25, -0.2) is 9.78 Å². The van der Waals surface area contributed by atoms with Gasteiger partial charge in [0.2, 0.25) is 5.91 Å². The van der Waals surface area contributed by atoms with E-state index >= 15 is 0 Å². The Hall–Kier alpha value is -2.25. The summed E-state index contributed by atoms with van der Waals surface area (Å²) < 4.78 is 0. The van der Waals surface area contributed by atoms with Gasteiger partial charge in [0.25, 0.3) is 0 Å². The Labute approximate surface area is 125 Å². The number of carbonyl (C=O) groups is 2. The minimum Gasteiger partial charge on any atom is -0.476 e.